The van der Waals surface area contributed by atoms with Gasteiger partial charge in [-0.2, -0.15) is 0 Å². The van der Waals surface area contributed by atoms with E-state index < -0.39 is 4.92 Å². The maximum Gasteiger partial charge on any atom is 0.339 e. The fourth-order valence-corrected chi connectivity index (χ4v) is 3.30. The van der Waals surface area contributed by atoms with Crippen LogP contribution in [0.5, 0.6) is 0 Å². The Hall–Kier alpha value is -2.76. The average molecular weight is 326 g/mol. The molecule has 1 heterocycles. The van der Waals surface area contributed by atoms with E-state index in [4.69, 9.17) is 4.74 Å². The van der Waals surface area contributed by atoms with Crippen molar-refractivity contribution in [2.75, 3.05) is 7.11 Å². The molecule has 3 rings (SSSR count). The highest BCUT2D eigenvalue weighted by molar-refractivity contribution is 5.93. The van der Waals surface area contributed by atoms with Crippen molar-refractivity contribution in [2.24, 2.45) is 0 Å². The number of esters is 1. The van der Waals surface area contributed by atoms with E-state index in [-0.39, 0.29) is 11.7 Å². The molecule has 2 aromatic rings. The number of fused-ring (bicyclic) bond motifs is 1. The van der Waals surface area contributed by atoms with Crippen LogP contribution in [0.3, 0.4) is 0 Å². The standard InChI is InChI=1S/C18H18N2O4/c1-11-16(18(21)24-2)14-5-3-4-6-15(14)17(19-11)12-7-9-13(10-8-12)20(22)23/h7-10H,3-6H2,1-2H3. The lowest BCUT2D eigenvalue weighted by Gasteiger charge is -2.23. The van der Waals surface area contributed by atoms with Crippen LogP contribution in [0.4, 0.5) is 5.69 Å². The van der Waals surface area contributed by atoms with Crippen molar-refractivity contribution in [1.29, 1.82) is 0 Å². The van der Waals surface area contributed by atoms with E-state index in [9.17, 15) is 14.9 Å². The number of non-ortho nitro benzene ring substituents is 1. The number of carbonyl (C=O) groups excluding carboxylic acids is 1. The lowest BCUT2D eigenvalue weighted by Crippen LogP contribution is -2.16. The van der Waals surface area contributed by atoms with Crippen LogP contribution in [-0.2, 0) is 17.6 Å². The van der Waals surface area contributed by atoms with Crippen LogP contribution in [0.25, 0.3) is 11.3 Å². The minimum absolute atomic E-state index is 0.0514. The Balaban J connectivity index is 2.17. The minimum Gasteiger partial charge on any atom is -0.465 e. The van der Waals surface area contributed by atoms with Gasteiger partial charge in [0, 0.05) is 17.7 Å². The van der Waals surface area contributed by atoms with Crippen molar-refractivity contribution in [1.82, 2.24) is 4.98 Å². The molecule has 0 unspecified atom stereocenters. The van der Waals surface area contributed by atoms with Crippen molar-refractivity contribution < 1.29 is 14.5 Å². The summed E-state index contributed by atoms with van der Waals surface area (Å²) in [5.41, 5.74) is 4.96. The second-order valence-corrected chi connectivity index (χ2v) is 5.88. The number of methoxy groups -OCH3 is 1. The number of nitro groups is 1. The zero-order valence-corrected chi connectivity index (χ0v) is 13.7. The number of nitrogens with zero attached hydrogens (tertiary/aromatic N) is 2. The Bertz CT molecular complexity index is 813. The monoisotopic (exact) mass is 326 g/mol. The summed E-state index contributed by atoms with van der Waals surface area (Å²) in [6, 6.07) is 6.39. The molecule has 0 amide bonds. The molecule has 24 heavy (non-hydrogen) atoms. The second kappa shape index (κ2) is 6.39. The number of nitro benzene ring substituents is 1. The fourth-order valence-electron chi connectivity index (χ4n) is 3.30. The number of aryl methyl sites for hydroxylation is 1. The van der Waals surface area contributed by atoms with Gasteiger partial charge in [-0.25, -0.2) is 4.79 Å². The third kappa shape index (κ3) is 2.75. The molecule has 0 N–H and O–H groups in total. The van der Waals surface area contributed by atoms with E-state index in [0.717, 1.165) is 48.1 Å². The van der Waals surface area contributed by atoms with Gasteiger partial charge in [0.05, 0.1) is 29.0 Å². The highest BCUT2D eigenvalue weighted by Crippen LogP contribution is 2.34. The molecule has 0 radical (unpaired) electrons. The van der Waals surface area contributed by atoms with Gasteiger partial charge in [0.15, 0.2) is 0 Å². The maximum absolute atomic E-state index is 12.1. The third-order valence-corrected chi connectivity index (χ3v) is 4.44. The normalized spacial score (nSPS) is 13.2. The number of hydrogen-bond donors (Lipinski definition) is 0. The summed E-state index contributed by atoms with van der Waals surface area (Å²) in [5.74, 6) is -0.353. The van der Waals surface area contributed by atoms with Gasteiger partial charge in [-0.3, -0.25) is 15.1 Å². The Morgan fingerprint density at radius 3 is 2.38 bits per heavy atom. The van der Waals surface area contributed by atoms with Crippen molar-refractivity contribution in [3.8, 4) is 11.3 Å². The van der Waals surface area contributed by atoms with Gasteiger partial charge in [0.1, 0.15) is 0 Å². The number of aromatic nitrogens is 1. The fraction of sp³-hybridized carbons (Fsp3) is 0.333. The summed E-state index contributed by atoms with van der Waals surface area (Å²) in [4.78, 5) is 27.2. The molecule has 0 fully saturated rings. The summed E-state index contributed by atoms with van der Waals surface area (Å²) in [7, 11) is 1.38. The van der Waals surface area contributed by atoms with Crippen LogP contribution in [0, 0.1) is 17.0 Å². The number of hydrogen-bond acceptors (Lipinski definition) is 5. The Morgan fingerprint density at radius 1 is 1.17 bits per heavy atom. The first-order chi connectivity index (χ1) is 11.5. The number of rotatable bonds is 3. The first-order valence-corrected chi connectivity index (χ1v) is 7.88. The number of benzene rings is 1. The molecular formula is C18H18N2O4. The predicted octanol–water partition coefficient (Wildman–Crippen LogP) is 3.63. The molecule has 6 heteroatoms. The van der Waals surface area contributed by atoms with Crippen LogP contribution in [-0.4, -0.2) is 23.0 Å². The van der Waals surface area contributed by atoms with Gasteiger partial charge < -0.3 is 4.74 Å². The Morgan fingerprint density at radius 2 is 1.79 bits per heavy atom. The zero-order valence-electron chi connectivity index (χ0n) is 13.7. The molecule has 6 nitrogen and oxygen atoms in total. The molecule has 0 spiro atoms. The molecular weight excluding hydrogens is 308 g/mol. The van der Waals surface area contributed by atoms with Crippen molar-refractivity contribution >= 4 is 11.7 Å². The minimum atomic E-state index is -0.418. The molecule has 1 aromatic carbocycles. The highest BCUT2D eigenvalue weighted by Gasteiger charge is 2.25. The molecule has 1 aliphatic rings. The largest absolute Gasteiger partial charge is 0.465 e. The first kappa shape index (κ1) is 16.1. The van der Waals surface area contributed by atoms with Gasteiger partial charge in [-0.1, -0.05) is 0 Å². The van der Waals surface area contributed by atoms with E-state index in [1.807, 2.05) is 0 Å². The first-order valence-electron chi connectivity index (χ1n) is 7.88. The SMILES string of the molecule is COC(=O)c1c(C)nc(-c2ccc([N+](=O)[O-])cc2)c2c1CCCC2. The highest BCUT2D eigenvalue weighted by atomic mass is 16.6. The lowest BCUT2D eigenvalue weighted by atomic mass is 9.85. The molecule has 0 saturated heterocycles. The van der Waals surface area contributed by atoms with Crippen LogP contribution in [0.2, 0.25) is 0 Å². The van der Waals surface area contributed by atoms with Crippen LogP contribution < -0.4 is 0 Å². The quantitative estimate of drug-likeness (QED) is 0.488. The summed E-state index contributed by atoms with van der Waals surface area (Å²) in [6.07, 6.45) is 3.74. The number of carbonyl (C=O) groups is 1. The Kier molecular flexibility index (Phi) is 4.29. The van der Waals surface area contributed by atoms with Crippen LogP contribution in [0.15, 0.2) is 24.3 Å². The predicted molar refractivity (Wildman–Crippen MR) is 89.0 cm³/mol. The molecule has 0 saturated carbocycles. The van der Waals surface area contributed by atoms with Gasteiger partial charge in [-0.15, -0.1) is 0 Å². The van der Waals surface area contributed by atoms with E-state index in [0.29, 0.717) is 11.3 Å². The van der Waals surface area contributed by atoms with E-state index >= 15 is 0 Å². The van der Waals surface area contributed by atoms with Gasteiger partial charge >= 0.3 is 5.97 Å². The Labute approximate surface area is 139 Å². The zero-order chi connectivity index (χ0) is 17.3. The summed E-state index contributed by atoms with van der Waals surface area (Å²) in [5, 5.41) is 10.8. The molecule has 124 valence electrons. The van der Waals surface area contributed by atoms with E-state index in [2.05, 4.69) is 4.98 Å². The topological polar surface area (TPSA) is 82.3 Å². The summed E-state index contributed by atoms with van der Waals surface area (Å²) >= 11 is 0. The van der Waals surface area contributed by atoms with Crippen molar-refractivity contribution in [2.45, 2.75) is 32.6 Å². The maximum atomic E-state index is 12.1. The van der Waals surface area contributed by atoms with Crippen LogP contribution in [0.1, 0.15) is 40.0 Å². The third-order valence-electron chi connectivity index (χ3n) is 4.44. The van der Waals surface area contributed by atoms with Gasteiger partial charge in [0.25, 0.3) is 5.69 Å². The van der Waals surface area contributed by atoms with Crippen LogP contribution >= 0.6 is 0 Å². The molecule has 0 atom stereocenters. The van der Waals surface area contributed by atoms with E-state index in [1.54, 1.807) is 19.1 Å². The smallest absolute Gasteiger partial charge is 0.339 e. The number of pyridine rings is 1. The van der Waals surface area contributed by atoms with Crippen molar-refractivity contribution in [3.05, 3.63) is 56.8 Å². The summed E-state index contributed by atoms with van der Waals surface area (Å²) in [6.45, 7) is 1.80. The second-order valence-electron chi connectivity index (χ2n) is 5.88. The molecule has 1 aliphatic carbocycles. The summed E-state index contributed by atoms with van der Waals surface area (Å²) < 4.78 is 4.92. The van der Waals surface area contributed by atoms with Gasteiger partial charge in [0.2, 0.25) is 0 Å². The molecule has 0 bridgehead atoms. The molecule has 1 aromatic heterocycles. The van der Waals surface area contributed by atoms with Gasteiger partial charge in [-0.05, 0) is 55.9 Å². The van der Waals surface area contributed by atoms with E-state index in [1.165, 1.54) is 19.2 Å². The van der Waals surface area contributed by atoms with Crippen molar-refractivity contribution in [3.63, 3.8) is 0 Å². The number of ether oxygens (including phenoxy) is 1. The molecule has 0 aliphatic heterocycles. The average Bonchev–Trinajstić information content (AvgIpc) is 2.60. The lowest BCUT2D eigenvalue weighted by molar-refractivity contribution is -0.384.